The standard InChI is InChI=1S/C22H19N5O3S2/c1-26(27-14-25-19-5-3-4-6-20(19)27)17-9-7-16(13-23)18(12-17)15-8-10-22(31-2)21(11-15)30-32(24,28)29/h3-12,14H,1-2H3,(H2,24,28,29). The monoisotopic (exact) mass is 465 g/mol. The normalized spacial score (nSPS) is 11.3. The number of para-hydroxylation sites is 2. The SMILES string of the molecule is CSc1ccc(-c2cc(N(C)n3cnc4ccccc43)ccc2C#N)cc1OS(N)(=O)=O. The van der Waals surface area contributed by atoms with Gasteiger partial charge in [-0.15, -0.1) is 11.8 Å². The number of thioether (sulfide) groups is 1. The molecular weight excluding hydrogens is 446 g/mol. The molecule has 0 spiro atoms. The Morgan fingerprint density at radius 1 is 1.16 bits per heavy atom. The first kappa shape index (κ1) is 21.7. The number of benzene rings is 3. The molecule has 0 aliphatic heterocycles. The van der Waals surface area contributed by atoms with E-state index in [2.05, 4.69) is 11.1 Å². The molecule has 1 heterocycles. The molecule has 0 saturated heterocycles. The van der Waals surface area contributed by atoms with Crippen molar-refractivity contribution in [3.05, 3.63) is 72.6 Å². The van der Waals surface area contributed by atoms with Gasteiger partial charge in [0.2, 0.25) is 0 Å². The van der Waals surface area contributed by atoms with Gasteiger partial charge in [0.15, 0.2) is 5.75 Å². The maximum atomic E-state index is 11.5. The summed E-state index contributed by atoms with van der Waals surface area (Å²) in [4.78, 5) is 5.04. The van der Waals surface area contributed by atoms with Crippen molar-refractivity contribution in [1.29, 1.82) is 5.26 Å². The van der Waals surface area contributed by atoms with E-state index < -0.39 is 10.3 Å². The number of hydrogen-bond acceptors (Lipinski definition) is 7. The molecule has 3 aromatic carbocycles. The average molecular weight is 466 g/mol. The highest BCUT2D eigenvalue weighted by Crippen LogP contribution is 2.36. The van der Waals surface area contributed by atoms with E-state index in [1.54, 1.807) is 30.8 Å². The summed E-state index contributed by atoms with van der Waals surface area (Å²) in [6, 6.07) is 20.5. The number of nitrogens with two attached hydrogens (primary N) is 1. The Labute approximate surface area is 190 Å². The minimum atomic E-state index is -4.19. The van der Waals surface area contributed by atoms with Gasteiger partial charge in [0.25, 0.3) is 0 Å². The van der Waals surface area contributed by atoms with E-state index in [0.717, 1.165) is 16.7 Å². The lowest BCUT2D eigenvalue weighted by molar-refractivity contribution is 0.482. The van der Waals surface area contributed by atoms with Crippen LogP contribution in [0.1, 0.15) is 5.56 Å². The van der Waals surface area contributed by atoms with E-state index in [9.17, 15) is 13.7 Å². The quantitative estimate of drug-likeness (QED) is 0.431. The van der Waals surface area contributed by atoms with Crippen molar-refractivity contribution in [3.8, 4) is 22.9 Å². The Hall–Kier alpha value is -3.52. The van der Waals surface area contributed by atoms with Gasteiger partial charge in [0.05, 0.1) is 33.2 Å². The molecule has 0 bridgehead atoms. The molecule has 32 heavy (non-hydrogen) atoms. The molecule has 4 aromatic rings. The third-order valence-electron chi connectivity index (χ3n) is 4.94. The molecule has 1 aromatic heterocycles. The molecule has 4 rings (SSSR count). The van der Waals surface area contributed by atoms with Crippen molar-refractivity contribution in [1.82, 2.24) is 9.66 Å². The molecule has 0 amide bonds. The van der Waals surface area contributed by atoms with Crippen LogP contribution in [0, 0.1) is 11.3 Å². The Morgan fingerprint density at radius 3 is 2.66 bits per heavy atom. The van der Waals surface area contributed by atoms with E-state index in [1.165, 1.54) is 11.8 Å². The second-order valence-corrected chi connectivity index (χ2v) is 8.89. The third kappa shape index (κ3) is 4.27. The summed E-state index contributed by atoms with van der Waals surface area (Å²) in [5.41, 5.74) is 4.32. The summed E-state index contributed by atoms with van der Waals surface area (Å²) in [5, 5.41) is 16.6. The van der Waals surface area contributed by atoms with E-state index in [4.69, 9.17) is 9.32 Å². The Balaban J connectivity index is 1.81. The zero-order valence-corrected chi connectivity index (χ0v) is 18.9. The van der Waals surface area contributed by atoms with Gasteiger partial charge in [-0.3, -0.25) is 5.01 Å². The van der Waals surface area contributed by atoms with Gasteiger partial charge in [-0.2, -0.15) is 18.8 Å². The summed E-state index contributed by atoms with van der Waals surface area (Å²) in [5.74, 6) is 0.112. The summed E-state index contributed by atoms with van der Waals surface area (Å²) < 4.78 is 29.9. The highest BCUT2D eigenvalue weighted by Gasteiger charge is 2.16. The fourth-order valence-corrected chi connectivity index (χ4v) is 4.36. The summed E-state index contributed by atoms with van der Waals surface area (Å²) in [6.45, 7) is 0. The number of hydrogen-bond donors (Lipinski definition) is 1. The number of nitriles is 1. The Bertz CT molecular complexity index is 1460. The highest BCUT2D eigenvalue weighted by atomic mass is 32.2. The second kappa shape index (κ2) is 8.55. The van der Waals surface area contributed by atoms with Gasteiger partial charge >= 0.3 is 10.3 Å². The van der Waals surface area contributed by atoms with Gasteiger partial charge in [-0.1, -0.05) is 18.2 Å². The smallest absolute Gasteiger partial charge is 0.370 e. The van der Waals surface area contributed by atoms with Crippen LogP contribution in [-0.4, -0.2) is 31.4 Å². The highest BCUT2D eigenvalue weighted by molar-refractivity contribution is 7.98. The predicted molar refractivity (Wildman–Crippen MR) is 126 cm³/mol. The van der Waals surface area contributed by atoms with Crippen molar-refractivity contribution in [2.24, 2.45) is 5.14 Å². The topological polar surface area (TPSA) is 114 Å². The van der Waals surface area contributed by atoms with E-state index in [-0.39, 0.29) is 5.75 Å². The fraction of sp³-hybridized carbons (Fsp3) is 0.0909. The lowest BCUT2D eigenvalue weighted by atomic mass is 9.99. The molecule has 8 nitrogen and oxygen atoms in total. The molecule has 0 saturated carbocycles. The van der Waals surface area contributed by atoms with Gasteiger partial charge < -0.3 is 4.18 Å². The molecule has 10 heteroatoms. The molecule has 0 fully saturated rings. The number of rotatable bonds is 6. The number of aromatic nitrogens is 2. The van der Waals surface area contributed by atoms with Crippen molar-refractivity contribution in [2.45, 2.75) is 4.90 Å². The van der Waals surface area contributed by atoms with Crippen LogP contribution >= 0.6 is 11.8 Å². The van der Waals surface area contributed by atoms with Gasteiger partial charge in [-0.25, -0.2) is 9.66 Å². The van der Waals surface area contributed by atoms with Crippen molar-refractivity contribution in [3.63, 3.8) is 0 Å². The van der Waals surface area contributed by atoms with Crippen LogP contribution in [0.5, 0.6) is 5.75 Å². The van der Waals surface area contributed by atoms with Crippen LogP contribution in [0.25, 0.3) is 22.2 Å². The molecule has 0 aliphatic carbocycles. The molecule has 0 aliphatic rings. The summed E-state index contributed by atoms with van der Waals surface area (Å²) >= 11 is 1.33. The van der Waals surface area contributed by atoms with Crippen molar-refractivity contribution in [2.75, 3.05) is 18.3 Å². The number of anilines is 1. The molecule has 162 valence electrons. The third-order valence-corrected chi connectivity index (χ3v) is 6.12. The zero-order valence-electron chi connectivity index (χ0n) is 17.3. The van der Waals surface area contributed by atoms with E-state index >= 15 is 0 Å². The minimum absolute atomic E-state index is 0.112. The van der Waals surface area contributed by atoms with Crippen LogP contribution < -0.4 is 14.3 Å². The number of nitrogens with zero attached hydrogens (tertiary/aromatic N) is 4. The predicted octanol–water partition coefficient (Wildman–Crippen LogP) is 3.78. The van der Waals surface area contributed by atoms with Gasteiger partial charge in [-0.05, 0) is 54.3 Å². The first-order valence-corrected chi connectivity index (χ1v) is 12.1. The zero-order chi connectivity index (χ0) is 22.9. The van der Waals surface area contributed by atoms with Crippen LogP contribution in [0.3, 0.4) is 0 Å². The maximum Gasteiger partial charge on any atom is 0.380 e. The van der Waals surface area contributed by atoms with Crippen LogP contribution in [0.2, 0.25) is 0 Å². The van der Waals surface area contributed by atoms with Crippen LogP contribution in [0.4, 0.5) is 5.69 Å². The Kier molecular flexibility index (Phi) is 5.80. The van der Waals surface area contributed by atoms with E-state index in [0.29, 0.717) is 21.6 Å². The molecule has 0 radical (unpaired) electrons. The van der Waals surface area contributed by atoms with Crippen LogP contribution in [0.15, 0.2) is 71.9 Å². The fourth-order valence-electron chi connectivity index (χ4n) is 3.41. The minimum Gasteiger partial charge on any atom is -0.370 e. The maximum absolute atomic E-state index is 11.5. The number of fused-ring (bicyclic) bond motifs is 1. The number of imidazole rings is 1. The molecular formula is C22H19N5O3S2. The lowest BCUT2D eigenvalue weighted by Gasteiger charge is -2.22. The molecule has 2 N–H and O–H groups in total. The van der Waals surface area contributed by atoms with Crippen molar-refractivity contribution >= 4 is 38.8 Å². The summed E-state index contributed by atoms with van der Waals surface area (Å²) in [7, 11) is -2.30. The average Bonchev–Trinajstić information content (AvgIpc) is 3.21. The lowest BCUT2D eigenvalue weighted by Crippen LogP contribution is -2.23. The second-order valence-electron chi connectivity index (χ2n) is 6.88. The Morgan fingerprint density at radius 2 is 1.94 bits per heavy atom. The van der Waals surface area contributed by atoms with Crippen LogP contribution in [-0.2, 0) is 10.3 Å². The van der Waals surface area contributed by atoms with E-state index in [1.807, 2.05) is 59.2 Å². The van der Waals surface area contributed by atoms with Crippen molar-refractivity contribution < 1.29 is 12.6 Å². The molecule has 0 atom stereocenters. The first-order valence-electron chi connectivity index (χ1n) is 9.41. The first-order chi connectivity index (χ1) is 15.3. The van der Waals surface area contributed by atoms with Gasteiger partial charge in [0, 0.05) is 12.6 Å². The molecule has 0 unspecified atom stereocenters. The van der Waals surface area contributed by atoms with Gasteiger partial charge in [0.1, 0.15) is 6.33 Å². The summed E-state index contributed by atoms with van der Waals surface area (Å²) in [6.07, 6.45) is 3.53. The largest absolute Gasteiger partial charge is 0.380 e.